The highest BCUT2D eigenvalue weighted by atomic mass is 16.6. The molecule has 3 unspecified atom stereocenters. The Morgan fingerprint density at radius 1 is 0.619 bits per heavy atom. The van der Waals surface area contributed by atoms with Crippen LogP contribution in [0.1, 0.15) is 0 Å². The summed E-state index contributed by atoms with van der Waals surface area (Å²) in [4.78, 5) is 4.57. The molecule has 4 rings (SSSR count). The zero-order valence-electron chi connectivity index (χ0n) is 11.6. The van der Waals surface area contributed by atoms with Crippen LogP contribution in [0.3, 0.4) is 0 Å². The molecule has 120 valence electrons. The van der Waals surface area contributed by atoms with Crippen LogP contribution in [0.5, 0.6) is 0 Å². The van der Waals surface area contributed by atoms with E-state index in [4.69, 9.17) is 14.2 Å². The highest BCUT2D eigenvalue weighted by Crippen LogP contribution is 2.28. The monoisotopic (exact) mass is 303 g/mol. The van der Waals surface area contributed by atoms with Gasteiger partial charge in [0.2, 0.25) is 0 Å². The SMILES string of the molecule is OC1N(CC2CO2)C(O)N(CC2CO2)C(O)N1CC1CO1. The third-order valence-corrected chi connectivity index (χ3v) is 4.23. The normalized spacial score (nSPS) is 47.6. The van der Waals surface area contributed by atoms with Gasteiger partial charge >= 0.3 is 0 Å². The minimum absolute atomic E-state index is 0.0302. The quantitative estimate of drug-likeness (QED) is 0.440. The largest absolute Gasteiger partial charge is 0.372 e. The number of ether oxygens (including phenoxy) is 3. The molecule has 4 saturated heterocycles. The molecule has 0 bridgehead atoms. The maximum Gasteiger partial charge on any atom is 0.171 e. The fraction of sp³-hybridized carbons (Fsp3) is 1.00. The van der Waals surface area contributed by atoms with Gasteiger partial charge in [-0.1, -0.05) is 0 Å². The molecule has 21 heavy (non-hydrogen) atoms. The lowest BCUT2D eigenvalue weighted by molar-refractivity contribution is -0.340. The number of aliphatic hydroxyl groups excluding tert-OH is 3. The van der Waals surface area contributed by atoms with Crippen molar-refractivity contribution >= 4 is 0 Å². The summed E-state index contributed by atoms with van der Waals surface area (Å²) in [6.07, 6.45) is -3.12. The minimum Gasteiger partial charge on any atom is -0.372 e. The Balaban J connectivity index is 1.50. The molecule has 0 amide bonds. The van der Waals surface area contributed by atoms with Crippen LogP contribution in [0.2, 0.25) is 0 Å². The van der Waals surface area contributed by atoms with Crippen LogP contribution in [0, 0.1) is 0 Å². The molecular formula is C12H21N3O6. The predicted molar refractivity (Wildman–Crippen MR) is 67.4 cm³/mol. The molecule has 0 saturated carbocycles. The fourth-order valence-corrected chi connectivity index (χ4v) is 2.72. The Labute approximate surface area is 122 Å². The maximum absolute atomic E-state index is 10.5. The van der Waals surface area contributed by atoms with Gasteiger partial charge < -0.3 is 29.5 Å². The van der Waals surface area contributed by atoms with E-state index in [0.29, 0.717) is 39.5 Å². The van der Waals surface area contributed by atoms with Crippen molar-refractivity contribution in [1.29, 1.82) is 0 Å². The molecule has 4 fully saturated rings. The first-order valence-electron chi connectivity index (χ1n) is 7.30. The molecule has 0 aromatic heterocycles. The van der Waals surface area contributed by atoms with E-state index >= 15 is 0 Å². The molecule has 0 aliphatic carbocycles. The molecule has 9 heteroatoms. The van der Waals surface area contributed by atoms with Crippen LogP contribution in [0.15, 0.2) is 0 Å². The Morgan fingerprint density at radius 3 is 1.05 bits per heavy atom. The van der Waals surface area contributed by atoms with Crippen LogP contribution in [0.4, 0.5) is 0 Å². The van der Waals surface area contributed by atoms with Crippen LogP contribution in [-0.4, -0.2) is 107 Å². The van der Waals surface area contributed by atoms with E-state index in [-0.39, 0.29) is 18.3 Å². The van der Waals surface area contributed by atoms with E-state index < -0.39 is 19.1 Å². The Kier molecular flexibility index (Phi) is 3.64. The first-order chi connectivity index (χ1) is 10.1. The number of hydrogen-bond donors (Lipinski definition) is 3. The highest BCUT2D eigenvalue weighted by molar-refractivity contribution is 4.88. The lowest BCUT2D eigenvalue weighted by Crippen LogP contribution is -2.72. The Morgan fingerprint density at radius 2 is 0.857 bits per heavy atom. The van der Waals surface area contributed by atoms with Crippen molar-refractivity contribution in [3.05, 3.63) is 0 Å². The smallest absolute Gasteiger partial charge is 0.171 e. The lowest BCUT2D eigenvalue weighted by atomic mass is 10.3. The summed E-state index contributed by atoms with van der Waals surface area (Å²) in [6.45, 7) is 3.15. The maximum atomic E-state index is 10.5. The van der Waals surface area contributed by atoms with Crippen molar-refractivity contribution in [2.24, 2.45) is 0 Å². The summed E-state index contributed by atoms with van der Waals surface area (Å²) in [7, 11) is 0. The predicted octanol–water partition coefficient (Wildman–Crippen LogP) is -3.07. The summed E-state index contributed by atoms with van der Waals surface area (Å²) >= 11 is 0. The first-order valence-corrected chi connectivity index (χ1v) is 7.30. The first kappa shape index (κ1) is 14.2. The van der Waals surface area contributed by atoms with Gasteiger partial charge in [0.15, 0.2) is 19.1 Å². The number of nitrogens with zero attached hydrogens (tertiary/aromatic N) is 3. The molecule has 3 N–H and O–H groups in total. The van der Waals surface area contributed by atoms with Crippen LogP contribution in [0.25, 0.3) is 0 Å². The molecule has 4 aliphatic rings. The van der Waals surface area contributed by atoms with E-state index in [0.717, 1.165) is 0 Å². The molecule has 3 atom stereocenters. The minimum atomic E-state index is -1.07. The summed E-state index contributed by atoms with van der Waals surface area (Å²) in [6, 6.07) is 0. The van der Waals surface area contributed by atoms with E-state index in [9.17, 15) is 15.3 Å². The number of rotatable bonds is 6. The lowest BCUT2D eigenvalue weighted by Gasteiger charge is -2.51. The molecule has 0 radical (unpaired) electrons. The van der Waals surface area contributed by atoms with Gasteiger partial charge in [-0.2, -0.15) is 0 Å². The van der Waals surface area contributed by atoms with Gasteiger partial charge in [0.05, 0.1) is 38.1 Å². The third-order valence-electron chi connectivity index (χ3n) is 4.23. The number of aliphatic hydroxyl groups is 3. The average Bonchev–Trinajstić information content (AvgIpc) is 3.31. The second-order valence-corrected chi connectivity index (χ2v) is 6.00. The van der Waals surface area contributed by atoms with Gasteiger partial charge in [0, 0.05) is 19.6 Å². The molecule has 0 spiro atoms. The summed E-state index contributed by atoms with van der Waals surface area (Å²) < 4.78 is 15.5. The summed E-state index contributed by atoms with van der Waals surface area (Å²) in [5.74, 6) is 0. The summed E-state index contributed by atoms with van der Waals surface area (Å²) in [5.41, 5.74) is 0. The molecule has 0 aromatic carbocycles. The molecular weight excluding hydrogens is 282 g/mol. The second-order valence-electron chi connectivity index (χ2n) is 6.00. The van der Waals surface area contributed by atoms with Gasteiger partial charge in [0.1, 0.15) is 0 Å². The zero-order chi connectivity index (χ0) is 14.6. The fourth-order valence-electron chi connectivity index (χ4n) is 2.72. The third kappa shape index (κ3) is 3.07. The van der Waals surface area contributed by atoms with Gasteiger partial charge in [-0.3, -0.25) is 0 Å². The van der Waals surface area contributed by atoms with E-state index in [1.165, 1.54) is 14.7 Å². The van der Waals surface area contributed by atoms with E-state index in [1.54, 1.807) is 0 Å². The second kappa shape index (κ2) is 5.37. The zero-order valence-corrected chi connectivity index (χ0v) is 11.6. The van der Waals surface area contributed by atoms with Gasteiger partial charge in [-0.15, -0.1) is 0 Å². The van der Waals surface area contributed by atoms with Crippen molar-refractivity contribution in [1.82, 2.24) is 14.7 Å². The molecule has 4 heterocycles. The van der Waals surface area contributed by atoms with Gasteiger partial charge in [-0.25, -0.2) is 14.7 Å². The average molecular weight is 303 g/mol. The Bertz CT molecular complexity index is 320. The topological polar surface area (TPSA) is 108 Å². The van der Waals surface area contributed by atoms with Gasteiger partial charge in [0.25, 0.3) is 0 Å². The Hall–Kier alpha value is -0.360. The van der Waals surface area contributed by atoms with Crippen LogP contribution >= 0.6 is 0 Å². The van der Waals surface area contributed by atoms with Crippen molar-refractivity contribution in [2.75, 3.05) is 39.5 Å². The van der Waals surface area contributed by atoms with Crippen LogP contribution < -0.4 is 0 Å². The van der Waals surface area contributed by atoms with E-state index in [2.05, 4.69) is 0 Å². The number of epoxide rings is 3. The number of hydrogen-bond acceptors (Lipinski definition) is 9. The van der Waals surface area contributed by atoms with E-state index in [1.807, 2.05) is 0 Å². The highest BCUT2D eigenvalue weighted by Gasteiger charge is 2.49. The standard InChI is InChI=1S/C12H21N3O6/c16-10-13(1-7-4-19-7)11(17)15(3-9-6-21-9)12(18)14(10)2-8-5-20-8/h7-12,16-18H,1-6H2. The van der Waals surface area contributed by atoms with Gasteiger partial charge in [-0.05, 0) is 0 Å². The molecule has 9 nitrogen and oxygen atoms in total. The van der Waals surface area contributed by atoms with Crippen molar-refractivity contribution in [2.45, 2.75) is 37.4 Å². The summed E-state index contributed by atoms with van der Waals surface area (Å²) in [5, 5.41) is 31.4. The molecule has 0 aromatic rings. The van der Waals surface area contributed by atoms with Crippen molar-refractivity contribution < 1.29 is 29.5 Å². The van der Waals surface area contributed by atoms with Crippen molar-refractivity contribution in [3.8, 4) is 0 Å². The van der Waals surface area contributed by atoms with Crippen molar-refractivity contribution in [3.63, 3.8) is 0 Å². The molecule has 4 aliphatic heterocycles. The van der Waals surface area contributed by atoms with Crippen LogP contribution in [-0.2, 0) is 14.2 Å².